The van der Waals surface area contributed by atoms with E-state index in [-0.39, 0.29) is 5.91 Å². The highest BCUT2D eigenvalue weighted by Gasteiger charge is 2.18. The lowest BCUT2D eigenvalue weighted by Crippen LogP contribution is -2.34. The SMILES string of the molecule is C=CC(=O)N1CCC=C(c2ccc3ncnc(Nc4ccc(Oc5cc6nncn6cn5)c(C)c4)c3c2)C1. The van der Waals surface area contributed by atoms with Gasteiger partial charge in [0.2, 0.25) is 11.8 Å². The second kappa shape index (κ2) is 9.74. The van der Waals surface area contributed by atoms with Crippen molar-refractivity contribution in [3.63, 3.8) is 0 Å². The Balaban J connectivity index is 1.25. The second-order valence-corrected chi connectivity index (χ2v) is 8.97. The second-order valence-electron chi connectivity index (χ2n) is 8.97. The fourth-order valence-corrected chi connectivity index (χ4v) is 4.48. The van der Waals surface area contributed by atoms with Crippen molar-refractivity contribution in [3.8, 4) is 11.6 Å². The smallest absolute Gasteiger partial charge is 0.246 e. The summed E-state index contributed by atoms with van der Waals surface area (Å²) in [5.41, 5.74) is 5.41. The standard InChI is InChI=1S/C28H24N8O2/c1-3-27(37)35-10-4-5-20(14-35)19-6-8-23-22(12-19)28(30-15-29-23)33-21-7-9-24(18(2)11-21)38-26-13-25-34-32-17-36(25)16-31-26/h3,5-9,11-13,15-17H,1,4,10,14H2,2H3,(H,29,30,33). The molecule has 1 N–H and O–H groups in total. The number of ether oxygens (including phenoxy) is 1. The van der Waals surface area contributed by atoms with Gasteiger partial charge in [0.25, 0.3) is 0 Å². The first-order valence-electron chi connectivity index (χ1n) is 12.1. The van der Waals surface area contributed by atoms with Gasteiger partial charge in [-0.2, -0.15) is 0 Å². The molecule has 5 aromatic rings. The van der Waals surface area contributed by atoms with Gasteiger partial charge in [0.15, 0.2) is 5.65 Å². The van der Waals surface area contributed by atoms with E-state index in [1.165, 1.54) is 6.08 Å². The van der Waals surface area contributed by atoms with Crippen molar-refractivity contribution in [2.45, 2.75) is 13.3 Å². The van der Waals surface area contributed by atoms with Crippen molar-refractivity contribution in [2.24, 2.45) is 0 Å². The number of anilines is 2. The summed E-state index contributed by atoms with van der Waals surface area (Å²) in [5, 5.41) is 12.2. The molecule has 1 aliphatic heterocycles. The molecule has 0 saturated heterocycles. The van der Waals surface area contributed by atoms with Gasteiger partial charge >= 0.3 is 0 Å². The van der Waals surface area contributed by atoms with Crippen LogP contribution in [0.2, 0.25) is 0 Å². The van der Waals surface area contributed by atoms with Crippen LogP contribution in [0.25, 0.3) is 22.1 Å². The molecule has 38 heavy (non-hydrogen) atoms. The van der Waals surface area contributed by atoms with Gasteiger partial charge in [-0.25, -0.2) is 15.0 Å². The number of rotatable bonds is 6. The van der Waals surface area contributed by atoms with Crippen LogP contribution in [0.15, 0.2) is 80.2 Å². The van der Waals surface area contributed by atoms with E-state index < -0.39 is 0 Å². The lowest BCUT2D eigenvalue weighted by molar-refractivity contribution is -0.125. The molecule has 1 aliphatic rings. The van der Waals surface area contributed by atoms with Gasteiger partial charge < -0.3 is 15.0 Å². The Bertz CT molecular complexity index is 1730. The lowest BCUT2D eigenvalue weighted by atomic mass is 9.99. The van der Waals surface area contributed by atoms with E-state index in [0.717, 1.165) is 39.7 Å². The maximum absolute atomic E-state index is 12.1. The maximum atomic E-state index is 12.1. The van der Waals surface area contributed by atoms with Crippen molar-refractivity contribution >= 4 is 39.5 Å². The Kier molecular flexibility index (Phi) is 5.97. The predicted molar refractivity (Wildman–Crippen MR) is 144 cm³/mol. The van der Waals surface area contributed by atoms with Crippen molar-refractivity contribution in [1.82, 2.24) is 34.4 Å². The average molecular weight is 505 g/mol. The van der Waals surface area contributed by atoms with Gasteiger partial charge in [-0.15, -0.1) is 10.2 Å². The zero-order valence-corrected chi connectivity index (χ0v) is 20.7. The van der Waals surface area contributed by atoms with Crippen LogP contribution in [-0.4, -0.2) is 53.4 Å². The summed E-state index contributed by atoms with van der Waals surface area (Å²) in [6.45, 7) is 6.83. The summed E-state index contributed by atoms with van der Waals surface area (Å²) < 4.78 is 7.71. The zero-order valence-electron chi connectivity index (χ0n) is 20.7. The van der Waals surface area contributed by atoms with E-state index >= 15 is 0 Å². The molecule has 10 nitrogen and oxygen atoms in total. The van der Waals surface area contributed by atoms with Gasteiger partial charge in [-0.1, -0.05) is 18.7 Å². The summed E-state index contributed by atoms with van der Waals surface area (Å²) in [6.07, 6.45) is 9.10. The van der Waals surface area contributed by atoms with Gasteiger partial charge in [0.05, 0.1) is 5.52 Å². The van der Waals surface area contributed by atoms with Crippen LogP contribution in [0.1, 0.15) is 17.5 Å². The molecule has 10 heteroatoms. The van der Waals surface area contributed by atoms with E-state index in [0.29, 0.717) is 36.2 Å². The highest BCUT2D eigenvalue weighted by Crippen LogP contribution is 2.31. The molecule has 3 aromatic heterocycles. The van der Waals surface area contributed by atoms with E-state index in [1.807, 2.05) is 37.3 Å². The summed E-state index contributed by atoms with van der Waals surface area (Å²) in [7, 11) is 0. The number of aromatic nitrogens is 6. The fourth-order valence-electron chi connectivity index (χ4n) is 4.48. The van der Waals surface area contributed by atoms with E-state index in [4.69, 9.17) is 4.74 Å². The Labute approximate surface area is 218 Å². The fraction of sp³-hybridized carbons (Fsp3) is 0.143. The number of nitrogens with zero attached hydrogens (tertiary/aromatic N) is 7. The lowest BCUT2D eigenvalue weighted by Gasteiger charge is -2.26. The number of hydrogen-bond donors (Lipinski definition) is 1. The van der Waals surface area contributed by atoms with Gasteiger partial charge in [-0.3, -0.25) is 9.20 Å². The summed E-state index contributed by atoms with van der Waals surface area (Å²) in [6, 6.07) is 13.6. The highest BCUT2D eigenvalue weighted by molar-refractivity contribution is 5.94. The molecule has 1 amide bonds. The molecule has 0 atom stereocenters. The minimum absolute atomic E-state index is 0.0558. The average Bonchev–Trinajstić information content (AvgIpc) is 3.42. The number of aryl methyl sites for hydroxylation is 1. The molecule has 6 rings (SSSR count). The first kappa shape index (κ1) is 23.3. The van der Waals surface area contributed by atoms with Gasteiger partial charge in [-0.05, 0) is 66.5 Å². The first-order valence-corrected chi connectivity index (χ1v) is 12.1. The van der Waals surface area contributed by atoms with E-state index in [1.54, 1.807) is 34.3 Å². The molecule has 0 fully saturated rings. The maximum Gasteiger partial charge on any atom is 0.246 e. The molecule has 0 aliphatic carbocycles. The van der Waals surface area contributed by atoms with Gasteiger partial charge in [0, 0.05) is 30.2 Å². The Morgan fingerprint density at radius 2 is 2.03 bits per heavy atom. The Hall–Kier alpha value is -5.12. The third-order valence-electron chi connectivity index (χ3n) is 6.46. The Morgan fingerprint density at radius 1 is 1.11 bits per heavy atom. The number of benzene rings is 2. The predicted octanol–water partition coefficient (Wildman–Crippen LogP) is 4.71. The highest BCUT2D eigenvalue weighted by atomic mass is 16.5. The number of hydrogen-bond acceptors (Lipinski definition) is 8. The van der Waals surface area contributed by atoms with Crippen LogP contribution in [0, 0.1) is 6.92 Å². The van der Waals surface area contributed by atoms with Crippen molar-refractivity contribution in [3.05, 3.63) is 91.3 Å². The van der Waals surface area contributed by atoms with Crippen LogP contribution in [0.5, 0.6) is 11.6 Å². The van der Waals surface area contributed by atoms with E-state index in [9.17, 15) is 4.79 Å². The van der Waals surface area contributed by atoms with Crippen LogP contribution >= 0.6 is 0 Å². The van der Waals surface area contributed by atoms with Gasteiger partial charge in [0.1, 0.15) is 30.5 Å². The van der Waals surface area contributed by atoms with Crippen LogP contribution < -0.4 is 10.1 Å². The Morgan fingerprint density at radius 3 is 2.89 bits per heavy atom. The minimum Gasteiger partial charge on any atom is -0.439 e. The first-order chi connectivity index (χ1) is 18.6. The molecule has 4 heterocycles. The van der Waals surface area contributed by atoms with Crippen LogP contribution in [0.3, 0.4) is 0 Å². The summed E-state index contributed by atoms with van der Waals surface area (Å²) in [4.78, 5) is 27.2. The monoisotopic (exact) mass is 504 g/mol. The molecule has 0 bridgehead atoms. The van der Waals surface area contributed by atoms with Crippen molar-refractivity contribution in [1.29, 1.82) is 0 Å². The number of nitrogens with one attached hydrogen (secondary N) is 1. The number of carbonyl (C=O) groups excluding carboxylic acids is 1. The molecule has 0 spiro atoms. The number of amides is 1. The molecular formula is C28H24N8O2. The topological polar surface area (TPSA) is 110 Å². The van der Waals surface area contributed by atoms with Crippen molar-refractivity contribution < 1.29 is 9.53 Å². The third-order valence-corrected chi connectivity index (χ3v) is 6.46. The quantitative estimate of drug-likeness (QED) is 0.331. The van der Waals surface area contributed by atoms with Crippen molar-refractivity contribution in [2.75, 3.05) is 18.4 Å². The molecule has 188 valence electrons. The van der Waals surface area contributed by atoms with Crippen LogP contribution in [0.4, 0.5) is 11.5 Å². The summed E-state index contributed by atoms with van der Waals surface area (Å²) in [5.74, 6) is 1.76. The molecule has 0 saturated carbocycles. The van der Waals surface area contributed by atoms with E-state index in [2.05, 4.69) is 49.2 Å². The summed E-state index contributed by atoms with van der Waals surface area (Å²) >= 11 is 0. The van der Waals surface area contributed by atoms with Crippen LogP contribution in [-0.2, 0) is 4.79 Å². The largest absolute Gasteiger partial charge is 0.439 e. The third kappa shape index (κ3) is 4.55. The minimum atomic E-state index is -0.0558. The number of fused-ring (bicyclic) bond motifs is 2. The normalized spacial score (nSPS) is 13.4. The zero-order chi connectivity index (χ0) is 26.1. The molecule has 0 radical (unpaired) electrons. The molecule has 2 aromatic carbocycles. The number of carbonyl (C=O) groups is 1. The molecule has 0 unspecified atom stereocenters. The molecular weight excluding hydrogens is 480 g/mol.